The number of benzene rings is 1. The van der Waals surface area contributed by atoms with Gasteiger partial charge in [0.05, 0.1) is 0 Å². The van der Waals surface area contributed by atoms with Crippen molar-refractivity contribution in [1.29, 1.82) is 0 Å². The predicted molar refractivity (Wildman–Crippen MR) is 75.1 cm³/mol. The van der Waals surface area contributed by atoms with Crippen molar-refractivity contribution < 1.29 is 14.4 Å². The molecule has 0 heterocycles. The number of rotatable bonds is 3. The first-order valence-electron chi connectivity index (χ1n) is 5.84. The molecule has 0 saturated heterocycles. The lowest BCUT2D eigenvalue weighted by molar-refractivity contribution is 0.0857. The summed E-state index contributed by atoms with van der Waals surface area (Å²) in [5.74, 6) is -0.162. The van der Waals surface area contributed by atoms with E-state index in [2.05, 4.69) is 0 Å². The summed E-state index contributed by atoms with van der Waals surface area (Å²) < 4.78 is 0. The Morgan fingerprint density at radius 3 is 2.26 bits per heavy atom. The number of nitrogens with two attached hydrogens (primary N) is 1. The Kier molecular flexibility index (Phi) is 5.57. The summed E-state index contributed by atoms with van der Waals surface area (Å²) in [6, 6.07) is 5.53. The topological polar surface area (TPSA) is 80.5 Å². The van der Waals surface area contributed by atoms with Gasteiger partial charge in [-0.15, -0.1) is 0 Å². The van der Waals surface area contributed by atoms with E-state index in [0.717, 1.165) is 23.7 Å². The van der Waals surface area contributed by atoms with Gasteiger partial charge in [0.1, 0.15) is 0 Å². The van der Waals surface area contributed by atoms with Crippen LogP contribution < -0.4 is 5.73 Å². The molecule has 0 aliphatic carbocycles. The summed E-state index contributed by atoms with van der Waals surface area (Å²) in [5, 5.41) is -0.639. The maximum Gasteiger partial charge on any atom is 0.329 e. The van der Waals surface area contributed by atoms with E-state index in [1.807, 2.05) is 13.8 Å². The van der Waals surface area contributed by atoms with Gasteiger partial charge in [0.2, 0.25) is 0 Å². The van der Waals surface area contributed by atoms with Crippen LogP contribution in [0.5, 0.6) is 0 Å². The minimum absolute atomic E-state index is 0.259. The van der Waals surface area contributed by atoms with Crippen molar-refractivity contribution in [2.75, 3.05) is 5.75 Å². The number of hydrogen-bond acceptors (Lipinski definition) is 4. The Labute approximate surface area is 116 Å². The molecule has 1 aromatic rings. The van der Waals surface area contributed by atoms with Gasteiger partial charge < -0.3 is 5.73 Å². The van der Waals surface area contributed by atoms with E-state index in [1.165, 1.54) is 0 Å². The predicted octanol–water partition coefficient (Wildman–Crippen LogP) is 2.78. The Balaban J connectivity index is 2.93. The molecule has 0 aliphatic rings. The lowest BCUT2D eigenvalue weighted by Crippen LogP contribution is -2.43. The van der Waals surface area contributed by atoms with Crippen LogP contribution in [0, 0.1) is 6.92 Å². The van der Waals surface area contributed by atoms with E-state index < -0.39 is 17.2 Å². The van der Waals surface area contributed by atoms with Crippen LogP contribution in [-0.4, -0.2) is 27.8 Å². The second-order valence-corrected chi connectivity index (χ2v) is 5.01. The molecule has 0 saturated carbocycles. The van der Waals surface area contributed by atoms with Crippen LogP contribution in [0.4, 0.5) is 9.59 Å². The van der Waals surface area contributed by atoms with Crippen molar-refractivity contribution >= 4 is 28.9 Å². The third kappa shape index (κ3) is 4.10. The van der Waals surface area contributed by atoms with Gasteiger partial charge in [-0.05, 0) is 25.5 Å². The van der Waals surface area contributed by atoms with Crippen LogP contribution in [0.15, 0.2) is 24.3 Å². The molecule has 19 heavy (non-hydrogen) atoms. The van der Waals surface area contributed by atoms with Crippen molar-refractivity contribution in [2.45, 2.75) is 20.3 Å². The highest BCUT2D eigenvalue weighted by atomic mass is 32.2. The average Bonchev–Trinajstić information content (AvgIpc) is 2.36. The van der Waals surface area contributed by atoms with Crippen molar-refractivity contribution in [1.82, 2.24) is 4.90 Å². The second-order valence-electron chi connectivity index (χ2n) is 3.96. The van der Waals surface area contributed by atoms with E-state index in [4.69, 9.17) is 5.73 Å². The number of carbonyl (C=O) groups is 3. The fourth-order valence-electron chi connectivity index (χ4n) is 1.35. The van der Waals surface area contributed by atoms with Crippen LogP contribution in [-0.2, 0) is 0 Å². The standard InChI is InChI=1S/C13H16N2O3S/c1-3-8-19-13(18)15(12(14)17)11(16)10-6-4-9(2)5-7-10/h4-7H,3,8H2,1-2H3,(H2,14,17). The molecule has 0 aliphatic heterocycles. The normalized spacial score (nSPS) is 10.0. The first kappa shape index (κ1) is 15.2. The van der Waals surface area contributed by atoms with Gasteiger partial charge in [0.25, 0.3) is 11.1 Å². The molecule has 1 rings (SSSR count). The van der Waals surface area contributed by atoms with Crippen molar-refractivity contribution in [3.05, 3.63) is 35.4 Å². The molecule has 0 aromatic heterocycles. The van der Waals surface area contributed by atoms with E-state index in [-0.39, 0.29) is 5.56 Å². The smallest absolute Gasteiger partial charge is 0.329 e. The molecule has 6 heteroatoms. The van der Waals surface area contributed by atoms with Gasteiger partial charge in [-0.3, -0.25) is 9.59 Å². The number of amides is 4. The molecular formula is C13H16N2O3S. The van der Waals surface area contributed by atoms with Gasteiger partial charge in [-0.25, -0.2) is 4.79 Å². The number of imide groups is 3. The van der Waals surface area contributed by atoms with Crippen molar-refractivity contribution in [3.63, 3.8) is 0 Å². The molecule has 102 valence electrons. The van der Waals surface area contributed by atoms with Gasteiger partial charge in [-0.1, -0.05) is 36.4 Å². The summed E-state index contributed by atoms with van der Waals surface area (Å²) in [7, 11) is 0. The third-order valence-corrected chi connectivity index (χ3v) is 3.38. The lowest BCUT2D eigenvalue weighted by Gasteiger charge is -2.15. The van der Waals surface area contributed by atoms with E-state index in [9.17, 15) is 14.4 Å². The highest BCUT2D eigenvalue weighted by molar-refractivity contribution is 8.13. The van der Waals surface area contributed by atoms with Crippen LogP contribution in [0.3, 0.4) is 0 Å². The van der Waals surface area contributed by atoms with E-state index in [0.29, 0.717) is 10.7 Å². The molecule has 0 unspecified atom stereocenters. The van der Waals surface area contributed by atoms with Crippen LogP contribution in [0.2, 0.25) is 0 Å². The molecular weight excluding hydrogens is 264 g/mol. The molecule has 1 aromatic carbocycles. The minimum Gasteiger partial charge on any atom is -0.351 e. The number of urea groups is 1. The largest absolute Gasteiger partial charge is 0.351 e. The van der Waals surface area contributed by atoms with Crippen LogP contribution in [0.1, 0.15) is 29.3 Å². The number of primary amides is 1. The summed E-state index contributed by atoms with van der Waals surface area (Å²) in [6.07, 6.45) is 0.766. The number of nitrogens with zero attached hydrogens (tertiary/aromatic N) is 1. The highest BCUT2D eigenvalue weighted by Gasteiger charge is 2.27. The number of carbonyl (C=O) groups excluding carboxylic acids is 3. The Morgan fingerprint density at radius 2 is 1.79 bits per heavy atom. The minimum atomic E-state index is -1.06. The lowest BCUT2D eigenvalue weighted by atomic mass is 10.1. The summed E-state index contributed by atoms with van der Waals surface area (Å²) >= 11 is 0.904. The van der Waals surface area contributed by atoms with Crippen LogP contribution in [0.25, 0.3) is 0 Å². The number of hydrogen-bond donors (Lipinski definition) is 1. The molecule has 2 N–H and O–H groups in total. The molecule has 0 fully saturated rings. The second kappa shape index (κ2) is 6.94. The molecule has 4 amide bonds. The van der Waals surface area contributed by atoms with E-state index >= 15 is 0 Å². The first-order chi connectivity index (χ1) is 8.97. The van der Waals surface area contributed by atoms with E-state index in [1.54, 1.807) is 24.3 Å². The summed E-state index contributed by atoms with van der Waals surface area (Å²) in [4.78, 5) is 35.6. The third-order valence-electron chi connectivity index (χ3n) is 2.33. The van der Waals surface area contributed by atoms with Gasteiger partial charge >= 0.3 is 6.03 Å². The van der Waals surface area contributed by atoms with Gasteiger partial charge in [0.15, 0.2) is 0 Å². The maximum absolute atomic E-state index is 12.1. The molecule has 5 nitrogen and oxygen atoms in total. The highest BCUT2D eigenvalue weighted by Crippen LogP contribution is 2.14. The fourth-order valence-corrected chi connectivity index (χ4v) is 2.03. The number of thioether (sulfide) groups is 1. The maximum atomic E-state index is 12.1. The zero-order valence-electron chi connectivity index (χ0n) is 10.9. The van der Waals surface area contributed by atoms with Crippen molar-refractivity contribution in [3.8, 4) is 0 Å². The van der Waals surface area contributed by atoms with Crippen LogP contribution >= 0.6 is 11.8 Å². The monoisotopic (exact) mass is 280 g/mol. The molecule has 0 atom stereocenters. The van der Waals surface area contributed by atoms with Crippen molar-refractivity contribution in [2.24, 2.45) is 5.73 Å². The Hall–Kier alpha value is -1.82. The quantitative estimate of drug-likeness (QED) is 0.923. The Morgan fingerprint density at radius 1 is 1.21 bits per heavy atom. The van der Waals surface area contributed by atoms with Gasteiger partial charge in [0, 0.05) is 11.3 Å². The SMILES string of the molecule is CCCSC(=O)N(C(N)=O)C(=O)c1ccc(C)cc1. The molecule has 0 spiro atoms. The van der Waals surface area contributed by atoms with Gasteiger partial charge in [-0.2, -0.15) is 4.90 Å². The summed E-state index contributed by atoms with van der Waals surface area (Å²) in [5.41, 5.74) is 6.35. The number of aryl methyl sites for hydroxylation is 1. The average molecular weight is 280 g/mol. The molecule has 0 radical (unpaired) electrons. The molecule has 0 bridgehead atoms. The first-order valence-corrected chi connectivity index (χ1v) is 6.83. The summed E-state index contributed by atoms with van der Waals surface area (Å²) in [6.45, 7) is 3.78. The fraction of sp³-hybridized carbons (Fsp3) is 0.308. The Bertz CT molecular complexity index is 485. The zero-order valence-corrected chi connectivity index (χ0v) is 11.7. The zero-order chi connectivity index (χ0) is 14.4.